The zero-order valence-electron chi connectivity index (χ0n) is 14.4. The van der Waals surface area contributed by atoms with E-state index >= 15 is 0 Å². The molecule has 1 aliphatic heterocycles. The lowest BCUT2D eigenvalue weighted by Gasteiger charge is -2.36. The van der Waals surface area contributed by atoms with Gasteiger partial charge in [0.15, 0.2) is 0 Å². The number of urea groups is 1. The topological polar surface area (TPSA) is 79.6 Å². The monoisotopic (exact) mass is 344 g/mol. The zero-order valence-corrected chi connectivity index (χ0v) is 14.4. The molecule has 2 amide bonds. The number of morpholine rings is 1. The molecule has 0 saturated carbocycles. The molecule has 1 saturated heterocycles. The number of amides is 2. The van der Waals surface area contributed by atoms with Crippen molar-refractivity contribution >= 4 is 6.03 Å². The van der Waals surface area contributed by atoms with Gasteiger partial charge in [-0.15, -0.1) is 0 Å². The molecule has 2 heterocycles. The Kier molecular flexibility index (Phi) is 6.03. The van der Waals surface area contributed by atoms with Crippen molar-refractivity contribution in [2.45, 2.75) is 32.2 Å². The van der Waals surface area contributed by atoms with Crippen LogP contribution in [0.3, 0.4) is 0 Å². The number of carbonyl (C=O) groups is 1. The molecule has 2 aromatic rings. The first-order valence-corrected chi connectivity index (χ1v) is 8.52. The van der Waals surface area contributed by atoms with Crippen molar-refractivity contribution in [2.24, 2.45) is 0 Å². The van der Waals surface area contributed by atoms with Crippen LogP contribution in [0.25, 0.3) is 0 Å². The molecule has 134 valence electrons. The number of carbonyl (C=O) groups excluding carboxylic acids is 1. The number of nitrogens with one attached hydrogen (secondary N) is 2. The van der Waals surface area contributed by atoms with Crippen molar-refractivity contribution < 1.29 is 14.1 Å². The summed E-state index contributed by atoms with van der Waals surface area (Å²) >= 11 is 0. The average Bonchev–Trinajstić information content (AvgIpc) is 3.15. The second-order valence-electron chi connectivity index (χ2n) is 6.24. The van der Waals surface area contributed by atoms with E-state index < -0.39 is 0 Å². The van der Waals surface area contributed by atoms with Crippen LogP contribution in [-0.2, 0) is 17.8 Å². The van der Waals surface area contributed by atoms with Crippen LogP contribution in [0.15, 0.2) is 47.2 Å². The lowest BCUT2D eigenvalue weighted by Crippen LogP contribution is -2.53. The van der Waals surface area contributed by atoms with Crippen molar-refractivity contribution in [3.63, 3.8) is 0 Å². The van der Waals surface area contributed by atoms with E-state index in [1.807, 2.05) is 13.0 Å². The first kappa shape index (κ1) is 17.4. The molecular weight excluding hydrogens is 320 g/mol. The molecule has 3 rings (SSSR count). The molecule has 1 aromatic carbocycles. The lowest BCUT2D eigenvalue weighted by atomic mass is 10.1. The molecule has 0 bridgehead atoms. The average molecular weight is 344 g/mol. The number of hydrogen-bond acceptors (Lipinski definition) is 5. The van der Waals surface area contributed by atoms with Gasteiger partial charge in [-0.2, -0.15) is 0 Å². The minimum atomic E-state index is -0.237. The summed E-state index contributed by atoms with van der Waals surface area (Å²) in [5.41, 5.74) is 1.97. The van der Waals surface area contributed by atoms with Crippen LogP contribution in [0, 0.1) is 0 Å². The van der Waals surface area contributed by atoms with Gasteiger partial charge in [0, 0.05) is 25.7 Å². The Hall–Kier alpha value is -2.38. The van der Waals surface area contributed by atoms with Gasteiger partial charge in [-0.3, -0.25) is 4.90 Å². The highest BCUT2D eigenvalue weighted by atomic mass is 16.5. The fraction of sp³-hybridized carbons (Fsp3) is 0.444. The van der Waals surface area contributed by atoms with Gasteiger partial charge in [0.1, 0.15) is 12.0 Å². The van der Waals surface area contributed by atoms with E-state index in [0.717, 1.165) is 19.6 Å². The van der Waals surface area contributed by atoms with E-state index in [1.54, 1.807) is 6.07 Å². The predicted molar refractivity (Wildman–Crippen MR) is 92.8 cm³/mol. The second kappa shape index (κ2) is 8.64. The van der Waals surface area contributed by atoms with Crippen molar-refractivity contribution in [1.82, 2.24) is 20.7 Å². The molecule has 0 radical (unpaired) electrons. The van der Waals surface area contributed by atoms with Crippen molar-refractivity contribution in [1.29, 1.82) is 0 Å². The summed E-state index contributed by atoms with van der Waals surface area (Å²) in [6.07, 6.45) is 1.45. The van der Waals surface area contributed by atoms with Gasteiger partial charge < -0.3 is 19.9 Å². The Morgan fingerprint density at radius 1 is 1.36 bits per heavy atom. The number of benzene rings is 1. The summed E-state index contributed by atoms with van der Waals surface area (Å²) in [4.78, 5) is 14.4. The van der Waals surface area contributed by atoms with Gasteiger partial charge in [-0.25, -0.2) is 4.79 Å². The summed E-state index contributed by atoms with van der Waals surface area (Å²) in [6.45, 7) is 5.55. The van der Waals surface area contributed by atoms with Crippen LogP contribution in [0.2, 0.25) is 0 Å². The zero-order chi connectivity index (χ0) is 17.5. The van der Waals surface area contributed by atoms with Gasteiger partial charge in [0.05, 0.1) is 25.3 Å². The molecule has 0 aliphatic carbocycles. The Morgan fingerprint density at radius 3 is 2.96 bits per heavy atom. The third-order valence-electron chi connectivity index (χ3n) is 4.26. The van der Waals surface area contributed by atoms with Crippen molar-refractivity contribution in [2.75, 3.05) is 19.7 Å². The maximum Gasteiger partial charge on any atom is 0.315 e. The Balaban J connectivity index is 1.44. The van der Waals surface area contributed by atoms with Crippen molar-refractivity contribution in [3.8, 4) is 0 Å². The highest BCUT2D eigenvalue weighted by molar-refractivity contribution is 5.74. The largest absolute Gasteiger partial charge is 0.373 e. The highest BCUT2D eigenvalue weighted by Crippen LogP contribution is 2.12. The minimum absolute atomic E-state index is 0.0322. The van der Waals surface area contributed by atoms with Crippen LogP contribution in [0.5, 0.6) is 0 Å². The van der Waals surface area contributed by atoms with Gasteiger partial charge in [-0.05, 0) is 12.5 Å². The predicted octanol–water partition coefficient (Wildman–Crippen LogP) is 1.76. The molecule has 1 aromatic heterocycles. The van der Waals surface area contributed by atoms with Gasteiger partial charge >= 0.3 is 6.03 Å². The third-order valence-corrected chi connectivity index (χ3v) is 4.26. The number of nitrogens with zero attached hydrogens (tertiary/aromatic N) is 2. The summed E-state index contributed by atoms with van der Waals surface area (Å²) in [5, 5.41) is 9.46. The molecule has 2 unspecified atom stereocenters. The third kappa shape index (κ3) is 5.30. The number of ether oxygens (including phenoxy) is 1. The Morgan fingerprint density at radius 2 is 2.20 bits per heavy atom. The van der Waals surface area contributed by atoms with E-state index in [1.165, 1.54) is 11.8 Å². The van der Waals surface area contributed by atoms with E-state index in [0.29, 0.717) is 18.8 Å². The van der Waals surface area contributed by atoms with Crippen LogP contribution in [-0.4, -0.2) is 47.9 Å². The normalized spacial score (nSPS) is 19.3. The number of rotatable bonds is 6. The van der Waals surface area contributed by atoms with Crippen LogP contribution >= 0.6 is 0 Å². The van der Waals surface area contributed by atoms with Crippen LogP contribution in [0.4, 0.5) is 4.79 Å². The first-order chi connectivity index (χ1) is 12.2. The van der Waals surface area contributed by atoms with Gasteiger partial charge in [-0.1, -0.05) is 35.5 Å². The second-order valence-corrected chi connectivity index (χ2v) is 6.24. The lowest BCUT2D eigenvalue weighted by molar-refractivity contribution is -0.0442. The first-order valence-electron chi connectivity index (χ1n) is 8.52. The fourth-order valence-corrected chi connectivity index (χ4v) is 2.87. The van der Waals surface area contributed by atoms with Crippen LogP contribution < -0.4 is 10.6 Å². The molecule has 7 nitrogen and oxygen atoms in total. The number of hydrogen-bond donors (Lipinski definition) is 2. The maximum absolute atomic E-state index is 12.0. The molecule has 25 heavy (non-hydrogen) atoms. The summed E-state index contributed by atoms with van der Waals surface area (Å²) in [7, 11) is 0. The van der Waals surface area contributed by atoms with E-state index in [-0.39, 0.29) is 18.2 Å². The summed E-state index contributed by atoms with van der Waals surface area (Å²) in [5.74, 6) is 0. The molecule has 2 atom stereocenters. The van der Waals surface area contributed by atoms with Crippen molar-refractivity contribution in [3.05, 3.63) is 53.9 Å². The minimum Gasteiger partial charge on any atom is -0.373 e. The smallest absolute Gasteiger partial charge is 0.315 e. The highest BCUT2D eigenvalue weighted by Gasteiger charge is 2.26. The molecule has 2 N–H and O–H groups in total. The molecule has 7 heteroatoms. The molecular formula is C18H24N4O3. The van der Waals surface area contributed by atoms with Gasteiger partial charge in [0.2, 0.25) is 0 Å². The SMILES string of the molecule is CC(NC(=O)NCc1ccon1)C1CN(Cc2ccccc2)CCO1. The summed E-state index contributed by atoms with van der Waals surface area (Å²) in [6, 6.07) is 11.8. The number of aromatic nitrogens is 1. The molecule has 1 aliphatic rings. The fourth-order valence-electron chi connectivity index (χ4n) is 2.87. The van der Waals surface area contributed by atoms with Crippen LogP contribution in [0.1, 0.15) is 18.2 Å². The van der Waals surface area contributed by atoms with E-state index in [9.17, 15) is 4.79 Å². The summed E-state index contributed by atoms with van der Waals surface area (Å²) < 4.78 is 10.6. The maximum atomic E-state index is 12.0. The standard InChI is InChI=1S/C18H24N4O3/c1-14(20-18(23)19-11-16-7-9-25-21-16)17-13-22(8-10-24-17)12-15-5-3-2-4-6-15/h2-7,9,14,17H,8,10-13H2,1H3,(H2,19,20,23). The van der Waals surface area contributed by atoms with Gasteiger partial charge in [0.25, 0.3) is 0 Å². The quantitative estimate of drug-likeness (QED) is 0.835. The van der Waals surface area contributed by atoms with E-state index in [2.05, 4.69) is 45.0 Å². The molecule has 0 spiro atoms. The Bertz CT molecular complexity index is 648. The molecule has 1 fully saturated rings. The van der Waals surface area contributed by atoms with E-state index in [4.69, 9.17) is 9.26 Å². The Labute approximate surface area is 147 Å².